The van der Waals surface area contributed by atoms with Crippen LogP contribution in [0.4, 0.5) is 5.95 Å². The van der Waals surface area contributed by atoms with E-state index >= 15 is 0 Å². The number of nitrogens with zero attached hydrogens (tertiary/aromatic N) is 6. The number of hydrogen-bond acceptors (Lipinski definition) is 10. The average Bonchev–Trinajstić information content (AvgIpc) is 3.72. The molecule has 1 aliphatic rings. The number of fused-ring (bicyclic) bond motifs is 1. The summed E-state index contributed by atoms with van der Waals surface area (Å²) in [5.41, 5.74) is 4.07. The maximum Gasteiger partial charge on any atom is 0.226 e. The normalized spacial score (nSPS) is 14.4. The molecular weight excluding hydrogens is 520 g/mol. The number of rotatable bonds is 11. The summed E-state index contributed by atoms with van der Waals surface area (Å²) in [5.74, 6) is 3.11. The molecule has 0 saturated carbocycles. The van der Waals surface area contributed by atoms with Crippen LogP contribution in [0.25, 0.3) is 17.2 Å². The number of pyridine rings is 1. The first-order valence-corrected chi connectivity index (χ1v) is 13.8. The molecular formula is C30H34N8O3. The fourth-order valence-corrected chi connectivity index (χ4v) is 5.13. The molecule has 0 radical (unpaired) electrons. The number of methoxy groups -OCH3 is 2. The van der Waals surface area contributed by atoms with E-state index in [1.807, 2.05) is 48.9 Å². The molecule has 1 fully saturated rings. The summed E-state index contributed by atoms with van der Waals surface area (Å²) in [5, 5.41) is 11.9. The van der Waals surface area contributed by atoms with Crippen molar-refractivity contribution in [3.05, 3.63) is 84.0 Å². The van der Waals surface area contributed by atoms with Gasteiger partial charge >= 0.3 is 0 Å². The van der Waals surface area contributed by atoms with Crippen molar-refractivity contribution in [2.45, 2.75) is 38.5 Å². The van der Waals surface area contributed by atoms with Crippen LogP contribution in [0.5, 0.6) is 11.5 Å². The van der Waals surface area contributed by atoms with Gasteiger partial charge in [0.1, 0.15) is 0 Å². The third-order valence-corrected chi connectivity index (χ3v) is 7.40. The van der Waals surface area contributed by atoms with Gasteiger partial charge in [0.15, 0.2) is 22.9 Å². The Labute approximate surface area is 238 Å². The summed E-state index contributed by atoms with van der Waals surface area (Å²) in [6, 6.07) is 14.1. The highest BCUT2D eigenvalue weighted by atomic mass is 16.5. The lowest BCUT2D eigenvalue weighted by Crippen LogP contribution is -2.41. The van der Waals surface area contributed by atoms with E-state index in [0.717, 1.165) is 55.8 Å². The molecule has 0 atom stereocenters. The second-order valence-corrected chi connectivity index (χ2v) is 10.1. The summed E-state index contributed by atoms with van der Waals surface area (Å²) in [4.78, 5) is 16.2. The summed E-state index contributed by atoms with van der Waals surface area (Å²) >= 11 is 0. The molecule has 6 rings (SSSR count). The number of nitrogens with one attached hydrogen (secondary N) is 2. The standard InChI is InChI=1S/C30H34N8O3/c1-39-25-6-5-22(16-27(25)40-2)18-33-30-34-19-23(29-35-28(36-38(29)30)26-4-3-15-41-26)20-37-13-9-24(10-14-37)32-17-21-7-11-31-12-8-21/h3-8,11-12,15-16,19,24,32H,9-10,13-14,17-18,20H2,1-2H3,(H,33,34). The van der Waals surface area contributed by atoms with Gasteiger partial charge in [-0.2, -0.15) is 4.52 Å². The van der Waals surface area contributed by atoms with Gasteiger partial charge in [0.05, 0.1) is 20.5 Å². The van der Waals surface area contributed by atoms with Gasteiger partial charge in [-0.3, -0.25) is 9.88 Å². The Hall–Kier alpha value is -4.48. The first-order chi connectivity index (χ1) is 20.2. The predicted molar refractivity (Wildman–Crippen MR) is 155 cm³/mol. The molecule has 1 aromatic carbocycles. The lowest BCUT2D eigenvalue weighted by atomic mass is 10.0. The quantitative estimate of drug-likeness (QED) is 0.247. The van der Waals surface area contributed by atoms with Gasteiger partial charge in [0, 0.05) is 49.8 Å². The van der Waals surface area contributed by atoms with Gasteiger partial charge in [-0.25, -0.2) is 9.97 Å². The number of anilines is 1. The summed E-state index contributed by atoms with van der Waals surface area (Å²) in [6.07, 6.45) is 9.39. The smallest absolute Gasteiger partial charge is 0.226 e. The van der Waals surface area contributed by atoms with Crippen LogP contribution in [0.15, 0.2) is 71.7 Å². The van der Waals surface area contributed by atoms with Crippen LogP contribution < -0.4 is 20.1 Å². The van der Waals surface area contributed by atoms with E-state index in [2.05, 4.69) is 32.7 Å². The Kier molecular flexibility index (Phi) is 8.06. The first-order valence-electron chi connectivity index (χ1n) is 13.8. The van der Waals surface area contributed by atoms with Crippen molar-refractivity contribution >= 4 is 11.6 Å². The molecule has 0 amide bonds. The molecule has 0 spiro atoms. The lowest BCUT2D eigenvalue weighted by Gasteiger charge is -2.32. The Morgan fingerprint density at radius 2 is 1.80 bits per heavy atom. The lowest BCUT2D eigenvalue weighted by molar-refractivity contribution is 0.190. The Bertz CT molecular complexity index is 1560. The highest BCUT2D eigenvalue weighted by Gasteiger charge is 2.22. The molecule has 11 heteroatoms. The van der Waals surface area contributed by atoms with Gasteiger partial charge in [-0.05, 0) is 73.5 Å². The Balaban J connectivity index is 1.16. The molecule has 0 aliphatic carbocycles. The highest BCUT2D eigenvalue weighted by molar-refractivity contribution is 5.58. The van der Waals surface area contributed by atoms with Gasteiger partial charge < -0.3 is 24.5 Å². The topological polar surface area (TPSA) is 115 Å². The van der Waals surface area contributed by atoms with Crippen molar-refractivity contribution in [2.24, 2.45) is 0 Å². The minimum Gasteiger partial charge on any atom is -0.493 e. The summed E-state index contributed by atoms with van der Waals surface area (Å²) in [6.45, 7) is 4.14. The largest absolute Gasteiger partial charge is 0.493 e. The summed E-state index contributed by atoms with van der Waals surface area (Å²) < 4.78 is 18.2. The fourth-order valence-electron chi connectivity index (χ4n) is 5.13. The van der Waals surface area contributed by atoms with Crippen molar-refractivity contribution in [1.82, 2.24) is 34.8 Å². The van der Waals surface area contributed by atoms with Gasteiger partial charge in [-0.15, -0.1) is 5.10 Å². The molecule has 0 bridgehead atoms. The number of likely N-dealkylation sites (tertiary alicyclic amines) is 1. The van der Waals surface area contributed by atoms with E-state index in [-0.39, 0.29) is 0 Å². The van der Waals surface area contributed by atoms with Crippen LogP contribution in [-0.4, -0.2) is 62.8 Å². The van der Waals surface area contributed by atoms with Gasteiger partial charge in [-0.1, -0.05) is 6.07 Å². The third-order valence-electron chi connectivity index (χ3n) is 7.40. The number of piperidine rings is 1. The Morgan fingerprint density at radius 1 is 0.976 bits per heavy atom. The number of benzene rings is 1. The molecule has 1 aliphatic heterocycles. The number of furan rings is 1. The minimum atomic E-state index is 0.499. The monoisotopic (exact) mass is 554 g/mol. The SMILES string of the molecule is COc1ccc(CNc2ncc(CN3CCC(NCc4ccncc4)CC3)c3nc(-c4ccco4)nn23)cc1OC. The zero-order valence-corrected chi connectivity index (χ0v) is 23.3. The van der Waals surface area contributed by atoms with E-state index in [0.29, 0.717) is 41.6 Å². The van der Waals surface area contributed by atoms with Crippen LogP contribution >= 0.6 is 0 Å². The predicted octanol–water partition coefficient (Wildman–Crippen LogP) is 4.16. The zero-order chi connectivity index (χ0) is 28.0. The molecule has 5 aromatic rings. The van der Waals surface area contributed by atoms with Crippen molar-refractivity contribution in [1.29, 1.82) is 0 Å². The van der Waals surface area contributed by atoms with Crippen LogP contribution in [0, 0.1) is 0 Å². The van der Waals surface area contributed by atoms with Crippen molar-refractivity contribution in [3.8, 4) is 23.1 Å². The summed E-state index contributed by atoms with van der Waals surface area (Å²) in [7, 11) is 3.26. The molecule has 5 heterocycles. The Morgan fingerprint density at radius 3 is 2.56 bits per heavy atom. The van der Waals surface area contributed by atoms with Crippen LogP contribution in [0.3, 0.4) is 0 Å². The third kappa shape index (κ3) is 6.16. The molecule has 2 N–H and O–H groups in total. The maximum atomic E-state index is 5.60. The molecule has 1 saturated heterocycles. The van der Waals surface area contributed by atoms with Crippen molar-refractivity contribution in [2.75, 3.05) is 32.6 Å². The van der Waals surface area contributed by atoms with Crippen LogP contribution in [0.2, 0.25) is 0 Å². The van der Waals surface area contributed by atoms with E-state index in [9.17, 15) is 0 Å². The second kappa shape index (κ2) is 12.4. The van der Waals surface area contributed by atoms with E-state index in [4.69, 9.17) is 29.0 Å². The van der Waals surface area contributed by atoms with Gasteiger partial charge in [0.2, 0.25) is 11.8 Å². The minimum absolute atomic E-state index is 0.499. The number of ether oxygens (including phenoxy) is 2. The van der Waals surface area contributed by atoms with Crippen LogP contribution in [0.1, 0.15) is 29.5 Å². The first kappa shape index (κ1) is 26.7. The maximum absolute atomic E-state index is 5.60. The molecule has 11 nitrogen and oxygen atoms in total. The van der Waals surface area contributed by atoms with Crippen molar-refractivity contribution in [3.63, 3.8) is 0 Å². The highest BCUT2D eigenvalue weighted by Crippen LogP contribution is 2.28. The zero-order valence-electron chi connectivity index (χ0n) is 23.3. The number of hydrogen-bond donors (Lipinski definition) is 2. The van der Waals surface area contributed by atoms with E-state index in [1.54, 1.807) is 25.0 Å². The van der Waals surface area contributed by atoms with Crippen LogP contribution in [-0.2, 0) is 19.6 Å². The molecule has 0 unspecified atom stereocenters. The van der Waals surface area contributed by atoms with Gasteiger partial charge in [0.25, 0.3) is 0 Å². The number of aromatic nitrogens is 5. The van der Waals surface area contributed by atoms with E-state index in [1.165, 1.54) is 5.56 Å². The molecule has 212 valence electrons. The average molecular weight is 555 g/mol. The fraction of sp³-hybridized carbons (Fsp3) is 0.333. The van der Waals surface area contributed by atoms with Crippen molar-refractivity contribution < 1.29 is 13.9 Å². The second-order valence-electron chi connectivity index (χ2n) is 10.1. The molecule has 4 aromatic heterocycles. The van der Waals surface area contributed by atoms with E-state index < -0.39 is 0 Å². The molecule has 41 heavy (non-hydrogen) atoms.